The first-order valence-corrected chi connectivity index (χ1v) is 11.1. The summed E-state index contributed by atoms with van der Waals surface area (Å²) >= 11 is 0. The van der Waals surface area contributed by atoms with E-state index >= 15 is 0 Å². The molecular weight excluding hydrogens is 394 g/mol. The van der Waals surface area contributed by atoms with Crippen molar-refractivity contribution in [3.8, 4) is 5.75 Å². The number of nitrogens with zero attached hydrogens (tertiary/aromatic N) is 3. The monoisotopic (exact) mass is 425 g/mol. The van der Waals surface area contributed by atoms with Crippen LogP contribution in [0.25, 0.3) is 0 Å². The third kappa shape index (κ3) is 5.94. The first-order chi connectivity index (χ1) is 15.1. The van der Waals surface area contributed by atoms with Crippen molar-refractivity contribution in [3.05, 3.63) is 47.8 Å². The molecule has 1 N–H and O–H groups in total. The maximum atomic E-state index is 10.7. The Labute approximate surface area is 183 Å². The van der Waals surface area contributed by atoms with Crippen LogP contribution in [0, 0.1) is 17.8 Å². The number of ether oxygens (including phenoxy) is 2. The Morgan fingerprint density at radius 1 is 1.13 bits per heavy atom. The normalized spacial score (nSPS) is 21.1. The van der Waals surface area contributed by atoms with E-state index in [0.29, 0.717) is 6.61 Å². The van der Waals surface area contributed by atoms with Crippen LogP contribution in [0.2, 0.25) is 0 Å². The molecule has 2 aromatic rings. The Balaban J connectivity index is 1.15. The Kier molecular flexibility index (Phi) is 7.02. The lowest BCUT2D eigenvalue weighted by atomic mass is 9.90. The fraction of sp³-hybridized carbons (Fsp3) is 0.542. The zero-order chi connectivity index (χ0) is 21.6. The molecule has 1 aliphatic carbocycles. The predicted octanol–water partition coefficient (Wildman–Crippen LogP) is 3.57. The van der Waals surface area contributed by atoms with Crippen LogP contribution in [0.1, 0.15) is 36.8 Å². The number of carboxylic acids is 1. The highest BCUT2D eigenvalue weighted by atomic mass is 16.5. The molecule has 0 radical (unpaired) electrons. The number of anilines is 1. The minimum absolute atomic E-state index is 0.0497. The van der Waals surface area contributed by atoms with Crippen LogP contribution >= 0.6 is 0 Å². The second-order valence-electron chi connectivity index (χ2n) is 8.66. The molecule has 7 heteroatoms. The summed E-state index contributed by atoms with van der Waals surface area (Å²) < 4.78 is 11.0. The van der Waals surface area contributed by atoms with Crippen LogP contribution in [0.5, 0.6) is 5.75 Å². The van der Waals surface area contributed by atoms with Crippen molar-refractivity contribution in [3.63, 3.8) is 0 Å². The molecule has 2 heterocycles. The number of hydrogen-bond acceptors (Lipinski definition) is 6. The maximum absolute atomic E-state index is 10.7. The summed E-state index contributed by atoms with van der Waals surface area (Å²) in [6.45, 7) is 3.32. The zero-order valence-corrected chi connectivity index (χ0v) is 18.1. The molecule has 1 saturated heterocycles. The van der Waals surface area contributed by atoms with Crippen molar-refractivity contribution in [2.45, 2.75) is 38.7 Å². The van der Waals surface area contributed by atoms with Crippen LogP contribution in [0.3, 0.4) is 0 Å². The van der Waals surface area contributed by atoms with Gasteiger partial charge in [0.05, 0.1) is 19.6 Å². The first kappa shape index (κ1) is 21.6. The lowest BCUT2D eigenvalue weighted by Gasteiger charge is -2.32. The fourth-order valence-electron chi connectivity index (χ4n) is 4.67. The highest BCUT2D eigenvalue weighted by Crippen LogP contribution is 2.49. The number of aromatic nitrogens is 2. The number of hydrogen-bond donors (Lipinski definition) is 1. The van der Waals surface area contributed by atoms with Gasteiger partial charge >= 0.3 is 5.97 Å². The van der Waals surface area contributed by atoms with Gasteiger partial charge in [0.2, 0.25) is 5.95 Å². The molecule has 1 aromatic heterocycles. The van der Waals surface area contributed by atoms with Crippen LogP contribution < -0.4 is 9.64 Å². The molecular formula is C24H31N3O4. The Morgan fingerprint density at radius 3 is 2.48 bits per heavy atom. The third-order valence-corrected chi connectivity index (χ3v) is 6.44. The number of rotatable bonds is 10. The van der Waals surface area contributed by atoms with Gasteiger partial charge in [-0.25, -0.2) is 9.97 Å². The highest BCUT2D eigenvalue weighted by molar-refractivity contribution is 5.70. The van der Waals surface area contributed by atoms with E-state index < -0.39 is 5.97 Å². The molecule has 1 saturated carbocycles. The van der Waals surface area contributed by atoms with E-state index in [1.807, 2.05) is 36.7 Å². The van der Waals surface area contributed by atoms with Crippen LogP contribution in [0.15, 0.2) is 36.7 Å². The predicted molar refractivity (Wildman–Crippen MR) is 117 cm³/mol. The van der Waals surface area contributed by atoms with Crippen molar-refractivity contribution in [2.75, 3.05) is 31.7 Å². The van der Waals surface area contributed by atoms with Gasteiger partial charge in [0.25, 0.3) is 0 Å². The average molecular weight is 426 g/mol. The molecule has 4 rings (SSSR count). The molecule has 2 aliphatic rings. The van der Waals surface area contributed by atoms with E-state index in [1.165, 1.54) is 19.3 Å². The summed E-state index contributed by atoms with van der Waals surface area (Å²) in [6.07, 6.45) is 8.57. The SMILES string of the molecule is COCc1cnc(N2CCC([C@H]3C[C@H]3CCOc3ccc(CC(=O)O)cc3)CC2)nc1. The van der Waals surface area contributed by atoms with E-state index in [-0.39, 0.29) is 6.42 Å². The summed E-state index contributed by atoms with van der Waals surface area (Å²) in [7, 11) is 1.68. The van der Waals surface area contributed by atoms with Crippen molar-refractivity contribution < 1.29 is 19.4 Å². The molecule has 0 spiro atoms. The van der Waals surface area contributed by atoms with Gasteiger partial charge in [-0.05, 0) is 61.1 Å². The van der Waals surface area contributed by atoms with Crippen molar-refractivity contribution >= 4 is 11.9 Å². The van der Waals surface area contributed by atoms with E-state index in [0.717, 1.165) is 66.7 Å². The Morgan fingerprint density at radius 2 is 1.84 bits per heavy atom. The van der Waals surface area contributed by atoms with Gasteiger partial charge in [0.15, 0.2) is 0 Å². The molecule has 166 valence electrons. The minimum atomic E-state index is -0.813. The van der Waals surface area contributed by atoms with Gasteiger partial charge in [-0.3, -0.25) is 4.79 Å². The largest absolute Gasteiger partial charge is 0.494 e. The molecule has 0 unspecified atom stereocenters. The quantitative estimate of drug-likeness (QED) is 0.623. The van der Waals surface area contributed by atoms with Gasteiger partial charge in [-0.1, -0.05) is 12.1 Å². The lowest BCUT2D eigenvalue weighted by Crippen LogP contribution is -2.35. The molecule has 2 atom stereocenters. The van der Waals surface area contributed by atoms with Crippen LogP contribution in [-0.2, 0) is 22.6 Å². The highest BCUT2D eigenvalue weighted by Gasteiger charge is 2.43. The van der Waals surface area contributed by atoms with Crippen molar-refractivity contribution in [2.24, 2.45) is 17.8 Å². The van der Waals surface area contributed by atoms with E-state index in [4.69, 9.17) is 14.6 Å². The molecule has 2 fully saturated rings. The Bertz CT molecular complexity index is 848. The molecule has 0 amide bonds. The zero-order valence-electron chi connectivity index (χ0n) is 18.1. The third-order valence-electron chi connectivity index (χ3n) is 6.44. The molecule has 31 heavy (non-hydrogen) atoms. The van der Waals surface area contributed by atoms with Gasteiger partial charge in [-0.15, -0.1) is 0 Å². The second-order valence-corrected chi connectivity index (χ2v) is 8.66. The molecule has 1 aromatic carbocycles. The summed E-state index contributed by atoms with van der Waals surface area (Å²) in [5.41, 5.74) is 1.80. The van der Waals surface area contributed by atoms with Crippen molar-refractivity contribution in [1.29, 1.82) is 0 Å². The number of carboxylic acid groups (broad SMARTS) is 1. The first-order valence-electron chi connectivity index (χ1n) is 11.1. The van der Waals surface area contributed by atoms with E-state index in [9.17, 15) is 4.79 Å². The van der Waals surface area contributed by atoms with Crippen LogP contribution in [-0.4, -0.2) is 47.8 Å². The fourth-order valence-corrected chi connectivity index (χ4v) is 4.67. The smallest absolute Gasteiger partial charge is 0.307 e. The maximum Gasteiger partial charge on any atom is 0.307 e. The number of piperidine rings is 1. The van der Waals surface area contributed by atoms with E-state index in [1.54, 1.807) is 7.11 Å². The molecule has 7 nitrogen and oxygen atoms in total. The minimum Gasteiger partial charge on any atom is -0.494 e. The number of benzene rings is 1. The number of methoxy groups -OCH3 is 1. The summed E-state index contributed by atoms with van der Waals surface area (Å²) in [5.74, 6) is 3.22. The second kappa shape index (κ2) is 10.1. The number of carbonyl (C=O) groups is 1. The number of aliphatic carboxylic acids is 1. The summed E-state index contributed by atoms with van der Waals surface area (Å²) in [6, 6.07) is 7.38. The Hall–Kier alpha value is -2.67. The topological polar surface area (TPSA) is 84.8 Å². The molecule has 0 bridgehead atoms. The van der Waals surface area contributed by atoms with Crippen LogP contribution in [0.4, 0.5) is 5.95 Å². The van der Waals surface area contributed by atoms with Gasteiger partial charge in [0.1, 0.15) is 5.75 Å². The van der Waals surface area contributed by atoms with Crippen molar-refractivity contribution in [1.82, 2.24) is 9.97 Å². The van der Waals surface area contributed by atoms with E-state index in [2.05, 4.69) is 14.9 Å². The molecule has 1 aliphatic heterocycles. The van der Waals surface area contributed by atoms with Gasteiger partial charge in [-0.2, -0.15) is 0 Å². The average Bonchev–Trinajstić information content (AvgIpc) is 3.55. The standard InChI is InChI=1S/C24H31N3O4/c1-30-16-18-14-25-24(26-15-18)27-9-6-19(7-10-27)22-13-20(22)8-11-31-21-4-2-17(3-5-21)12-23(28)29/h2-5,14-15,19-20,22H,6-13,16H2,1H3,(H,28,29)/t20-,22-/m1/s1. The lowest BCUT2D eigenvalue weighted by molar-refractivity contribution is -0.136. The summed E-state index contributed by atoms with van der Waals surface area (Å²) in [4.78, 5) is 22.0. The van der Waals surface area contributed by atoms with Gasteiger partial charge in [0, 0.05) is 38.2 Å². The summed E-state index contributed by atoms with van der Waals surface area (Å²) in [5, 5.41) is 8.83. The van der Waals surface area contributed by atoms with Gasteiger partial charge < -0.3 is 19.5 Å².